The summed E-state index contributed by atoms with van der Waals surface area (Å²) >= 11 is 6.07. The summed E-state index contributed by atoms with van der Waals surface area (Å²) in [6, 6.07) is 7.56. The van der Waals surface area contributed by atoms with E-state index in [1.165, 1.54) is 19.3 Å². The predicted octanol–water partition coefficient (Wildman–Crippen LogP) is 3.95. The Morgan fingerprint density at radius 3 is 2.70 bits per heavy atom. The molecule has 1 fully saturated rings. The number of benzene rings is 1. The number of carbonyl (C=O) groups is 1. The second-order valence-electron chi connectivity index (χ2n) is 5.29. The molecule has 0 spiro atoms. The molecule has 3 nitrogen and oxygen atoms in total. The molecule has 0 saturated heterocycles. The molecule has 20 heavy (non-hydrogen) atoms. The Hall–Kier alpha value is -1.22. The molecule has 1 aliphatic rings. The third-order valence-corrected chi connectivity index (χ3v) is 4.03. The summed E-state index contributed by atoms with van der Waals surface area (Å²) in [6.45, 7) is 1.95. The van der Waals surface area contributed by atoms with Crippen molar-refractivity contribution in [3.05, 3.63) is 29.3 Å². The van der Waals surface area contributed by atoms with Gasteiger partial charge in [-0.3, -0.25) is 4.79 Å². The van der Waals surface area contributed by atoms with Crippen molar-refractivity contribution < 1.29 is 9.53 Å². The van der Waals surface area contributed by atoms with Crippen molar-refractivity contribution in [1.82, 2.24) is 5.32 Å². The first-order valence-corrected chi connectivity index (χ1v) is 7.80. The number of para-hydroxylation sites is 1. The van der Waals surface area contributed by atoms with Crippen LogP contribution in [0.4, 0.5) is 0 Å². The summed E-state index contributed by atoms with van der Waals surface area (Å²) in [5.74, 6) is 0.541. The van der Waals surface area contributed by atoms with Crippen molar-refractivity contribution in [3.63, 3.8) is 0 Å². The average Bonchev–Trinajstić information content (AvgIpc) is 2.47. The zero-order valence-corrected chi connectivity index (χ0v) is 12.7. The third-order valence-electron chi connectivity index (χ3n) is 3.72. The SMILES string of the molecule is CC[C@@H](Oc1ccccc1Cl)C(=O)NC1CCCCC1. The minimum absolute atomic E-state index is 0.0284. The number of hydrogen-bond donors (Lipinski definition) is 1. The van der Waals surface area contributed by atoms with Crippen LogP contribution in [0.3, 0.4) is 0 Å². The van der Waals surface area contributed by atoms with Crippen LogP contribution in [0.15, 0.2) is 24.3 Å². The van der Waals surface area contributed by atoms with Crippen LogP contribution < -0.4 is 10.1 Å². The molecule has 4 heteroatoms. The smallest absolute Gasteiger partial charge is 0.261 e. The van der Waals surface area contributed by atoms with E-state index in [1.807, 2.05) is 19.1 Å². The Morgan fingerprint density at radius 1 is 1.35 bits per heavy atom. The van der Waals surface area contributed by atoms with Crippen LogP contribution in [0.2, 0.25) is 5.02 Å². The first-order chi connectivity index (χ1) is 9.70. The molecule has 2 rings (SSSR count). The lowest BCUT2D eigenvalue weighted by molar-refractivity contribution is -0.129. The molecule has 110 valence electrons. The zero-order valence-electron chi connectivity index (χ0n) is 11.9. The van der Waals surface area contributed by atoms with Gasteiger partial charge in [-0.05, 0) is 31.4 Å². The maximum atomic E-state index is 12.3. The van der Waals surface area contributed by atoms with Crippen LogP contribution in [-0.4, -0.2) is 18.1 Å². The minimum Gasteiger partial charge on any atom is -0.479 e. The average molecular weight is 296 g/mol. The predicted molar refractivity (Wildman–Crippen MR) is 81.2 cm³/mol. The van der Waals surface area contributed by atoms with Gasteiger partial charge in [-0.2, -0.15) is 0 Å². The summed E-state index contributed by atoms with van der Waals surface area (Å²) in [7, 11) is 0. The van der Waals surface area contributed by atoms with E-state index in [1.54, 1.807) is 12.1 Å². The van der Waals surface area contributed by atoms with Crippen molar-refractivity contribution in [2.45, 2.75) is 57.6 Å². The van der Waals surface area contributed by atoms with E-state index in [-0.39, 0.29) is 5.91 Å². The van der Waals surface area contributed by atoms with E-state index in [9.17, 15) is 4.79 Å². The number of nitrogens with one attached hydrogen (secondary N) is 1. The van der Waals surface area contributed by atoms with Gasteiger partial charge >= 0.3 is 0 Å². The monoisotopic (exact) mass is 295 g/mol. The maximum absolute atomic E-state index is 12.3. The van der Waals surface area contributed by atoms with Gasteiger partial charge in [0.15, 0.2) is 6.10 Å². The lowest BCUT2D eigenvalue weighted by Gasteiger charge is -2.25. The molecule has 1 atom stereocenters. The molecule has 0 aliphatic heterocycles. The van der Waals surface area contributed by atoms with Gasteiger partial charge in [0.05, 0.1) is 5.02 Å². The fourth-order valence-electron chi connectivity index (χ4n) is 2.56. The van der Waals surface area contributed by atoms with E-state index in [2.05, 4.69) is 5.32 Å². The van der Waals surface area contributed by atoms with E-state index in [0.717, 1.165) is 12.8 Å². The van der Waals surface area contributed by atoms with Crippen LogP contribution in [0.5, 0.6) is 5.75 Å². The number of carbonyl (C=O) groups excluding carboxylic acids is 1. The highest BCUT2D eigenvalue weighted by Gasteiger charge is 2.23. The molecule has 0 unspecified atom stereocenters. The van der Waals surface area contributed by atoms with Gasteiger partial charge in [0.1, 0.15) is 5.75 Å². The topological polar surface area (TPSA) is 38.3 Å². The quantitative estimate of drug-likeness (QED) is 0.893. The van der Waals surface area contributed by atoms with Crippen LogP contribution in [-0.2, 0) is 4.79 Å². The molecule has 0 heterocycles. The molecule has 0 aromatic heterocycles. The third kappa shape index (κ3) is 4.14. The first kappa shape index (κ1) is 15.2. The van der Waals surface area contributed by atoms with Gasteiger partial charge in [-0.15, -0.1) is 0 Å². The Kier molecular flexibility index (Phi) is 5.72. The molecule has 0 bridgehead atoms. The second kappa shape index (κ2) is 7.53. The van der Waals surface area contributed by atoms with Gasteiger partial charge in [0.25, 0.3) is 5.91 Å². The highest BCUT2D eigenvalue weighted by atomic mass is 35.5. The van der Waals surface area contributed by atoms with Crippen molar-refractivity contribution in [3.8, 4) is 5.75 Å². The molecule has 1 aliphatic carbocycles. The lowest BCUT2D eigenvalue weighted by atomic mass is 9.95. The standard InChI is InChI=1S/C16H22ClNO2/c1-2-14(20-15-11-7-6-10-13(15)17)16(19)18-12-8-4-3-5-9-12/h6-7,10-12,14H,2-5,8-9H2,1H3,(H,18,19)/t14-/m1/s1. The first-order valence-electron chi connectivity index (χ1n) is 7.42. The van der Waals surface area contributed by atoms with Crippen molar-refractivity contribution in [2.24, 2.45) is 0 Å². The number of hydrogen-bond acceptors (Lipinski definition) is 2. The van der Waals surface area contributed by atoms with Crippen LogP contribution in [0, 0.1) is 0 Å². The Labute approximate surface area is 125 Å². The normalized spacial score (nSPS) is 17.5. The van der Waals surface area contributed by atoms with E-state index >= 15 is 0 Å². The maximum Gasteiger partial charge on any atom is 0.261 e. The van der Waals surface area contributed by atoms with Crippen molar-refractivity contribution in [1.29, 1.82) is 0 Å². The van der Waals surface area contributed by atoms with Gasteiger partial charge in [-0.1, -0.05) is 49.9 Å². The van der Waals surface area contributed by atoms with E-state index in [4.69, 9.17) is 16.3 Å². The fraction of sp³-hybridized carbons (Fsp3) is 0.562. The number of ether oxygens (including phenoxy) is 1. The molecule has 0 radical (unpaired) electrons. The Morgan fingerprint density at radius 2 is 2.05 bits per heavy atom. The highest BCUT2D eigenvalue weighted by molar-refractivity contribution is 6.32. The lowest BCUT2D eigenvalue weighted by Crippen LogP contribution is -2.44. The Balaban J connectivity index is 1.93. The molecule has 1 N–H and O–H groups in total. The summed E-state index contributed by atoms with van der Waals surface area (Å²) < 4.78 is 5.75. The minimum atomic E-state index is -0.475. The van der Waals surface area contributed by atoms with Gasteiger partial charge < -0.3 is 10.1 Å². The molecule has 1 aromatic rings. The number of rotatable bonds is 5. The summed E-state index contributed by atoms with van der Waals surface area (Å²) in [6.07, 6.45) is 5.99. The number of halogens is 1. The summed E-state index contributed by atoms with van der Waals surface area (Å²) in [5, 5.41) is 3.64. The Bertz CT molecular complexity index is 444. The van der Waals surface area contributed by atoms with Gasteiger partial charge in [0, 0.05) is 6.04 Å². The molecular weight excluding hydrogens is 274 g/mol. The highest BCUT2D eigenvalue weighted by Crippen LogP contribution is 2.25. The summed E-state index contributed by atoms with van der Waals surface area (Å²) in [4.78, 5) is 12.3. The van der Waals surface area contributed by atoms with Crippen LogP contribution in [0.1, 0.15) is 45.4 Å². The molecular formula is C16H22ClNO2. The van der Waals surface area contributed by atoms with Crippen LogP contribution in [0.25, 0.3) is 0 Å². The largest absolute Gasteiger partial charge is 0.479 e. The fourth-order valence-corrected chi connectivity index (χ4v) is 2.74. The molecule has 1 amide bonds. The van der Waals surface area contributed by atoms with E-state index in [0.29, 0.717) is 23.2 Å². The second-order valence-corrected chi connectivity index (χ2v) is 5.70. The van der Waals surface area contributed by atoms with E-state index < -0.39 is 6.10 Å². The van der Waals surface area contributed by atoms with Crippen molar-refractivity contribution in [2.75, 3.05) is 0 Å². The van der Waals surface area contributed by atoms with Gasteiger partial charge in [-0.25, -0.2) is 0 Å². The van der Waals surface area contributed by atoms with Crippen LogP contribution >= 0.6 is 11.6 Å². The molecule has 1 aromatic carbocycles. The molecule has 1 saturated carbocycles. The summed E-state index contributed by atoms with van der Waals surface area (Å²) in [5.41, 5.74) is 0. The van der Waals surface area contributed by atoms with Gasteiger partial charge in [0.2, 0.25) is 0 Å². The van der Waals surface area contributed by atoms with Crippen molar-refractivity contribution >= 4 is 17.5 Å². The zero-order chi connectivity index (χ0) is 14.4. The number of amides is 1.